The summed E-state index contributed by atoms with van der Waals surface area (Å²) in [7, 11) is 3.13. The highest BCUT2D eigenvalue weighted by Crippen LogP contribution is 2.38. The standard InChI is InChI=1S/C11H16N2O3S/c1-5-13(3)10-7(11(15)16-4)8(12)9(17-10)6(2)14/h5,12H2,1-4H3. The van der Waals surface area contributed by atoms with E-state index in [2.05, 4.69) is 0 Å². The number of methoxy groups -OCH3 is 1. The molecule has 0 radical (unpaired) electrons. The molecule has 1 aromatic heterocycles. The quantitative estimate of drug-likeness (QED) is 0.656. The Morgan fingerprint density at radius 1 is 1.47 bits per heavy atom. The number of hydrogen-bond donors (Lipinski definition) is 1. The van der Waals surface area contributed by atoms with E-state index in [1.807, 2.05) is 18.9 Å². The Labute approximate surface area is 104 Å². The van der Waals surface area contributed by atoms with Gasteiger partial charge in [0.1, 0.15) is 10.6 Å². The second-order valence-corrected chi connectivity index (χ2v) is 4.59. The number of hydrogen-bond acceptors (Lipinski definition) is 6. The van der Waals surface area contributed by atoms with Gasteiger partial charge < -0.3 is 15.4 Å². The van der Waals surface area contributed by atoms with Gasteiger partial charge in [-0.3, -0.25) is 4.79 Å². The smallest absolute Gasteiger partial charge is 0.343 e. The average Bonchev–Trinajstić information content (AvgIpc) is 2.65. The maximum atomic E-state index is 11.7. The molecular formula is C11H16N2O3S. The minimum absolute atomic E-state index is 0.145. The Hall–Kier alpha value is -1.56. The van der Waals surface area contributed by atoms with Gasteiger partial charge in [-0.25, -0.2) is 4.79 Å². The van der Waals surface area contributed by atoms with E-state index in [4.69, 9.17) is 10.5 Å². The van der Waals surface area contributed by atoms with Gasteiger partial charge in [-0.15, -0.1) is 11.3 Å². The molecule has 0 fully saturated rings. The number of nitrogen functional groups attached to an aromatic ring is 1. The molecule has 0 aliphatic rings. The molecule has 0 aliphatic heterocycles. The molecule has 17 heavy (non-hydrogen) atoms. The van der Waals surface area contributed by atoms with Gasteiger partial charge in [0.2, 0.25) is 0 Å². The summed E-state index contributed by atoms with van der Waals surface area (Å²) < 4.78 is 4.70. The van der Waals surface area contributed by atoms with Gasteiger partial charge in [-0.05, 0) is 6.92 Å². The van der Waals surface area contributed by atoms with Crippen molar-refractivity contribution in [3.63, 3.8) is 0 Å². The molecule has 2 N–H and O–H groups in total. The van der Waals surface area contributed by atoms with Crippen LogP contribution in [-0.2, 0) is 4.74 Å². The zero-order valence-corrected chi connectivity index (χ0v) is 11.2. The van der Waals surface area contributed by atoms with E-state index in [0.717, 1.165) is 0 Å². The fourth-order valence-corrected chi connectivity index (χ4v) is 2.53. The summed E-state index contributed by atoms with van der Waals surface area (Å²) in [6.45, 7) is 4.09. The number of ether oxygens (including phenoxy) is 1. The van der Waals surface area contributed by atoms with Crippen LogP contribution in [-0.4, -0.2) is 32.5 Å². The number of Topliss-reactive ketones (excluding diaryl/α,β-unsaturated/α-hetero) is 1. The topological polar surface area (TPSA) is 72.6 Å². The number of nitrogens with two attached hydrogens (primary N) is 1. The Kier molecular flexibility index (Phi) is 4.11. The molecule has 0 saturated heterocycles. The molecule has 94 valence electrons. The van der Waals surface area contributed by atoms with Crippen molar-refractivity contribution in [2.24, 2.45) is 0 Å². The van der Waals surface area contributed by atoms with Gasteiger partial charge >= 0.3 is 5.97 Å². The van der Waals surface area contributed by atoms with Crippen molar-refractivity contribution in [2.45, 2.75) is 13.8 Å². The largest absolute Gasteiger partial charge is 0.465 e. The van der Waals surface area contributed by atoms with Gasteiger partial charge in [0, 0.05) is 20.5 Å². The number of nitrogens with zero attached hydrogens (tertiary/aromatic N) is 1. The summed E-state index contributed by atoms with van der Waals surface area (Å²) in [5, 5.41) is 0.669. The predicted octanol–water partition coefficient (Wildman–Crippen LogP) is 1.78. The lowest BCUT2D eigenvalue weighted by atomic mass is 10.2. The molecule has 6 heteroatoms. The van der Waals surface area contributed by atoms with E-state index >= 15 is 0 Å². The van der Waals surface area contributed by atoms with Gasteiger partial charge in [-0.1, -0.05) is 0 Å². The normalized spacial score (nSPS) is 10.1. The van der Waals surface area contributed by atoms with Crippen LogP contribution in [0, 0.1) is 0 Å². The van der Waals surface area contributed by atoms with E-state index < -0.39 is 5.97 Å². The van der Waals surface area contributed by atoms with E-state index in [1.165, 1.54) is 25.4 Å². The number of ketones is 1. The number of anilines is 2. The summed E-state index contributed by atoms with van der Waals surface area (Å²) in [4.78, 5) is 25.4. The van der Waals surface area contributed by atoms with Crippen molar-refractivity contribution in [1.29, 1.82) is 0 Å². The summed E-state index contributed by atoms with van der Waals surface area (Å²) in [6.07, 6.45) is 0. The third-order valence-electron chi connectivity index (χ3n) is 2.46. The minimum atomic E-state index is -0.512. The first-order valence-corrected chi connectivity index (χ1v) is 5.98. The zero-order valence-electron chi connectivity index (χ0n) is 10.4. The monoisotopic (exact) mass is 256 g/mol. The molecule has 5 nitrogen and oxygen atoms in total. The highest BCUT2D eigenvalue weighted by atomic mass is 32.1. The molecule has 0 amide bonds. The van der Waals surface area contributed by atoms with Crippen LogP contribution in [0.4, 0.5) is 10.7 Å². The highest BCUT2D eigenvalue weighted by Gasteiger charge is 2.26. The van der Waals surface area contributed by atoms with E-state index in [0.29, 0.717) is 16.4 Å². The van der Waals surface area contributed by atoms with Gasteiger partial charge in [0.05, 0.1) is 17.7 Å². The summed E-state index contributed by atoms with van der Waals surface area (Å²) in [5.74, 6) is -0.657. The minimum Gasteiger partial charge on any atom is -0.465 e. The third kappa shape index (κ3) is 2.41. The molecule has 0 unspecified atom stereocenters. The van der Waals surface area contributed by atoms with Crippen molar-refractivity contribution in [1.82, 2.24) is 0 Å². The van der Waals surface area contributed by atoms with Crippen molar-refractivity contribution < 1.29 is 14.3 Å². The van der Waals surface area contributed by atoms with Crippen molar-refractivity contribution in [2.75, 3.05) is 31.3 Å². The molecule has 0 spiro atoms. The van der Waals surface area contributed by atoms with E-state index in [1.54, 1.807) is 0 Å². The second-order valence-electron chi connectivity index (χ2n) is 3.59. The lowest BCUT2D eigenvalue weighted by Crippen LogP contribution is -2.18. The van der Waals surface area contributed by atoms with E-state index in [9.17, 15) is 9.59 Å². The number of esters is 1. The zero-order chi connectivity index (χ0) is 13.2. The Bertz CT molecular complexity index is 454. The lowest BCUT2D eigenvalue weighted by molar-refractivity contribution is 0.0603. The Balaban J connectivity index is 3.42. The average molecular weight is 256 g/mol. The predicted molar refractivity (Wildman–Crippen MR) is 69.0 cm³/mol. The maximum Gasteiger partial charge on any atom is 0.343 e. The van der Waals surface area contributed by atoms with E-state index in [-0.39, 0.29) is 17.0 Å². The number of carbonyl (C=O) groups excluding carboxylic acids is 2. The van der Waals surface area contributed by atoms with Crippen LogP contribution in [0.1, 0.15) is 33.9 Å². The van der Waals surface area contributed by atoms with Crippen LogP contribution >= 0.6 is 11.3 Å². The van der Waals surface area contributed by atoms with Gasteiger partial charge in [0.25, 0.3) is 0 Å². The fraction of sp³-hybridized carbons (Fsp3) is 0.455. The van der Waals surface area contributed by atoms with Crippen molar-refractivity contribution in [3.05, 3.63) is 10.4 Å². The molecule has 0 aromatic carbocycles. The van der Waals surface area contributed by atoms with Crippen LogP contribution in [0.5, 0.6) is 0 Å². The second kappa shape index (κ2) is 5.18. The summed E-state index contributed by atoms with van der Waals surface area (Å²) in [5.41, 5.74) is 6.33. The molecule has 1 heterocycles. The van der Waals surface area contributed by atoms with Crippen molar-refractivity contribution in [3.8, 4) is 0 Å². The van der Waals surface area contributed by atoms with Crippen LogP contribution < -0.4 is 10.6 Å². The molecule has 1 aromatic rings. The molecule has 1 rings (SSSR count). The Morgan fingerprint density at radius 2 is 2.06 bits per heavy atom. The Morgan fingerprint density at radius 3 is 2.47 bits per heavy atom. The molecule has 0 saturated carbocycles. The highest BCUT2D eigenvalue weighted by molar-refractivity contribution is 7.19. The molecule has 0 bridgehead atoms. The van der Waals surface area contributed by atoms with Gasteiger partial charge in [0.15, 0.2) is 5.78 Å². The molecular weight excluding hydrogens is 240 g/mol. The summed E-state index contributed by atoms with van der Waals surface area (Å²) >= 11 is 1.22. The number of rotatable bonds is 4. The first-order valence-electron chi connectivity index (χ1n) is 5.16. The van der Waals surface area contributed by atoms with Crippen molar-refractivity contribution >= 4 is 33.8 Å². The van der Waals surface area contributed by atoms with Gasteiger partial charge in [-0.2, -0.15) is 0 Å². The maximum absolute atomic E-state index is 11.7. The first-order chi connectivity index (χ1) is 7.93. The van der Waals surface area contributed by atoms with Crippen LogP contribution in [0.25, 0.3) is 0 Å². The molecule has 0 aliphatic carbocycles. The third-order valence-corrected chi connectivity index (χ3v) is 3.88. The lowest BCUT2D eigenvalue weighted by Gasteiger charge is -2.15. The number of thiophene rings is 1. The SMILES string of the molecule is CCN(C)c1sc(C(C)=O)c(N)c1C(=O)OC. The van der Waals surface area contributed by atoms with Crippen LogP contribution in [0.2, 0.25) is 0 Å². The number of carbonyl (C=O) groups is 2. The first kappa shape index (κ1) is 13.5. The fourth-order valence-electron chi connectivity index (χ4n) is 1.40. The van der Waals surface area contributed by atoms with Crippen LogP contribution in [0.15, 0.2) is 0 Å². The van der Waals surface area contributed by atoms with Crippen LogP contribution in [0.3, 0.4) is 0 Å². The molecule has 0 atom stereocenters. The summed E-state index contributed by atoms with van der Waals surface area (Å²) in [6, 6.07) is 0.